The smallest absolute Gasteiger partial charge is 0.335 e. The Morgan fingerprint density at radius 1 is 1.29 bits per heavy atom. The third kappa shape index (κ3) is 3.86. The Morgan fingerprint density at radius 2 is 2.04 bits per heavy atom. The minimum atomic E-state index is -1.12. The summed E-state index contributed by atoms with van der Waals surface area (Å²) in [5.41, 5.74) is 0.713. The van der Waals surface area contributed by atoms with Crippen LogP contribution in [0, 0.1) is 0 Å². The molecule has 0 saturated heterocycles. The van der Waals surface area contributed by atoms with Crippen LogP contribution < -0.4 is 19.7 Å². The van der Waals surface area contributed by atoms with Crippen molar-refractivity contribution < 1.29 is 29.0 Å². The molecule has 2 aromatic rings. The van der Waals surface area contributed by atoms with Crippen molar-refractivity contribution in [2.24, 2.45) is 0 Å². The summed E-state index contributed by atoms with van der Waals surface area (Å²) in [7, 11) is 1.46. The van der Waals surface area contributed by atoms with Crippen LogP contribution in [0.15, 0.2) is 36.4 Å². The lowest BCUT2D eigenvalue weighted by molar-refractivity contribution is -0.127. The summed E-state index contributed by atoms with van der Waals surface area (Å²) in [4.78, 5) is 37.5. The highest BCUT2D eigenvalue weighted by molar-refractivity contribution is 6.31. The molecule has 0 aromatic heterocycles. The van der Waals surface area contributed by atoms with E-state index in [-0.39, 0.29) is 17.9 Å². The van der Waals surface area contributed by atoms with Crippen LogP contribution in [0.3, 0.4) is 0 Å². The summed E-state index contributed by atoms with van der Waals surface area (Å²) in [6, 6.07) is 8.89. The minimum absolute atomic E-state index is 0.0216. The van der Waals surface area contributed by atoms with Gasteiger partial charge in [-0.05, 0) is 43.3 Å². The Kier molecular flexibility index (Phi) is 5.41. The fourth-order valence-corrected chi connectivity index (χ4v) is 2.99. The number of fused-ring (bicyclic) bond motifs is 1. The van der Waals surface area contributed by atoms with Gasteiger partial charge in [-0.3, -0.25) is 14.5 Å². The molecule has 0 aliphatic carbocycles. The van der Waals surface area contributed by atoms with Crippen LogP contribution in [0.5, 0.6) is 11.5 Å². The minimum Gasteiger partial charge on any atom is -0.495 e. The van der Waals surface area contributed by atoms with Gasteiger partial charge in [0.1, 0.15) is 18.0 Å². The number of benzene rings is 2. The van der Waals surface area contributed by atoms with E-state index < -0.39 is 23.9 Å². The highest BCUT2D eigenvalue weighted by Gasteiger charge is 2.33. The lowest BCUT2D eigenvalue weighted by Crippen LogP contribution is -2.47. The fourth-order valence-electron chi connectivity index (χ4n) is 2.82. The number of carbonyl (C=O) groups excluding carboxylic acids is 2. The second-order valence-corrected chi connectivity index (χ2v) is 6.50. The first-order valence-corrected chi connectivity index (χ1v) is 8.66. The second-order valence-electron chi connectivity index (χ2n) is 6.06. The molecule has 1 aliphatic heterocycles. The number of hydrogen-bond acceptors (Lipinski definition) is 5. The lowest BCUT2D eigenvalue weighted by atomic mass is 10.1. The number of rotatable bonds is 5. The molecule has 2 aromatic carbocycles. The van der Waals surface area contributed by atoms with Gasteiger partial charge in [-0.1, -0.05) is 11.6 Å². The van der Waals surface area contributed by atoms with E-state index >= 15 is 0 Å². The first-order valence-electron chi connectivity index (χ1n) is 8.29. The number of anilines is 2. The van der Waals surface area contributed by atoms with Crippen LogP contribution in [0.1, 0.15) is 17.3 Å². The largest absolute Gasteiger partial charge is 0.495 e. The third-order valence-corrected chi connectivity index (χ3v) is 4.39. The highest BCUT2D eigenvalue weighted by atomic mass is 35.5. The van der Waals surface area contributed by atoms with Gasteiger partial charge in [-0.2, -0.15) is 0 Å². The van der Waals surface area contributed by atoms with Gasteiger partial charge in [-0.15, -0.1) is 0 Å². The number of nitrogens with zero attached hydrogens (tertiary/aromatic N) is 1. The van der Waals surface area contributed by atoms with Crippen molar-refractivity contribution in [2.45, 2.75) is 13.0 Å². The molecule has 3 rings (SSSR count). The number of carboxylic acid groups (broad SMARTS) is 1. The van der Waals surface area contributed by atoms with E-state index in [2.05, 4.69) is 5.32 Å². The summed E-state index contributed by atoms with van der Waals surface area (Å²) in [6.45, 7) is 1.24. The van der Waals surface area contributed by atoms with Gasteiger partial charge in [-0.25, -0.2) is 4.79 Å². The quantitative estimate of drug-likeness (QED) is 0.793. The zero-order valence-electron chi connectivity index (χ0n) is 15.1. The first kappa shape index (κ1) is 19.5. The van der Waals surface area contributed by atoms with Crippen molar-refractivity contribution in [3.05, 3.63) is 47.0 Å². The molecule has 1 atom stereocenters. The molecular formula is C19H17ClN2O6. The molecule has 1 unspecified atom stereocenters. The van der Waals surface area contributed by atoms with Crippen molar-refractivity contribution in [1.82, 2.24) is 0 Å². The summed E-state index contributed by atoms with van der Waals surface area (Å²) >= 11 is 5.96. The van der Waals surface area contributed by atoms with Crippen LogP contribution in [-0.2, 0) is 9.59 Å². The maximum absolute atomic E-state index is 12.6. The third-order valence-electron chi connectivity index (χ3n) is 4.15. The number of carboxylic acids is 1. The molecule has 2 N–H and O–H groups in total. The maximum Gasteiger partial charge on any atom is 0.335 e. The zero-order chi connectivity index (χ0) is 20.4. The molecule has 0 spiro atoms. The van der Waals surface area contributed by atoms with E-state index in [1.165, 1.54) is 43.2 Å². The van der Waals surface area contributed by atoms with Crippen molar-refractivity contribution in [3.63, 3.8) is 0 Å². The molecule has 1 heterocycles. The SMILES string of the molecule is COc1ccc(Cl)cc1NC(=O)CN1C(=O)C(C)Oc2cc(C(=O)O)ccc21. The van der Waals surface area contributed by atoms with E-state index in [0.717, 1.165) is 0 Å². The van der Waals surface area contributed by atoms with Gasteiger partial charge >= 0.3 is 5.97 Å². The number of nitrogens with one attached hydrogen (secondary N) is 1. The van der Waals surface area contributed by atoms with Gasteiger partial charge in [0.2, 0.25) is 5.91 Å². The molecule has 9 heteroatoms. The summed E-state index contributed by atoms with van der Waals surface area (Å²) in [6.07, 6.45) is -0.856. The molecule has 28 heavy (non-hydrogen) atoms. The van der Waals surface area contributed by atoms with Crippen LogP contribution in [0.4, 0.5) is 11.4 Å². The van der Waals surface area contributed by atoms with E-state index in [0.29, 0.717) is 22.1 Å². The topological polar surface area (TPSA) is 105 Å². The number of aromatic carboxylic acids is 1. The highest BCUT2D eigenvalue weighted by Crippen LogP contribution is 2.35. The molecule has 2 amide bonds. The van der Waals surface area contributed by atoms with E-state index in [1.54, 1.807) is 12.1 Å². The predicted octanol–water partition coefficient (Wildman–Crippen LogP) is 2.80. The summed E-state index contributed by atoms with van der Waals surface area (Å²) in [5, 5.41) is 12.2. The number of hydrogen-bond donors (Lipinski definition) is 2. The molecule has 146 valence electrons. The molecule has 0 fully saturated rings. The molecule has 8 nitrogen and oxygen atoms in total. The number of halogens is 1. The monoisotopic (exact) mass is 404 g/mol. The van der Waals surface area contributed by atoms with Crippen LogP contribution in [0.25, 0.3) is 0 Å². The standard InChI is InChI=1S/C19H17ClN2O6/c1-10-18(24)22(14-5-3-11(19(25)26)7-16(14)28-10)9-17(23)21-13-8-12(20)4-6-15(13)27-2/h3-8,10H,9H2,1-2H3,(H,21,23)(H,25,26). The van der Waals surface area contributed by atoms with E-state index in [4.69, 9.17) is 26.2 Å². The van der Waals surface area contributed by atoms with Crippen LogP contribution in [-0.4, -0.2) is 42.6 Å². The van der Waals surface area contributed by atoms with Gasteiger partial charge in [0, 0.05) is 5.02 Å². The van der Waals surface area contributed by atoms with Gasteiger partial charge in [0.05, 0.1) is 24.0 Å². The molecule has 0 bridgehead atoms. The average molecular weight is 405 g/mol. The normalized spacial score (nSPS) is 15.5. The van der Waals surface area contributed by atoms with Crippen molar-refractivity contribution in [1.29, 1.82) is 0 Å². The second kappa shape index (κ2) is 7.77. The Morgan fingerprint density at radius 3 is 2.71 bits per heavy atom. The average Bonchev–Trinajstić information content (AvgIpc) is 2.65. The Balaban J connectivity index is 1.85. The molecule has 1 aliphatic rings. The summed E-state index contributed by atoms with van der Waals surface area (Å²) in [5.74, 6) is -1.36. The van der Waals surface area contributed by atoms with Gasteiger partial charge < -0.3 is 19.9 Å². The van der Waals surface area contributed by atoms with Crippen LogP contribution in [0.2, 0.25) is 5.02 Å². The van der Waals surface area contributed by atoms with Crippen LogP contribution >= 0.6 is 11.6 Å². The Bertz CT molecular complexity index is 961. The first-order chi connectivity index (χ1) is 13.3. The van der Waals surface area contributed by atoms with Crippen molar-refractivity contribution in [3.8, 4) is 11.5 Å². The lowest BCUT2D eigenvalue weighted by Gasteiger charge is -2.32. The molecular weight excluding hydrogens is 388 g/mol. The number of carbonyl (C=O) groups is 3. The number of ether oxygens (including phenoxy) is 2. The number of amides is 2. The van der Waals surface area contributed by atoms with E-state index in [9.17, 15) is 14.4 Å². The molecule has 0 saturated carbocycles. The van der Waals surface area contributed by atoms with Gasteiger partial charge in [0.25, 0.3) is 5.91 Å². The fraction of sp³-hybridized carbons (Fsp3) is 0.211. The van der Waals surface area contributed by atoms with Crippen molar-refractivity contribution in [2.75, 3.05) is 23.9 Å². The Hall–Kier alpha value is -3.26. The zero-order valence-corrected chi connectivity index (χ0v) is 15.8. The number of methoxy groups -OCH3 is 1. The predicted molar refractivity (Wildman–Crippen MR) is 102 cm³/mol. The summed E-state index contributed by atoms with van der Waals surface area (Å²) < 4.78 is 10.7. The van der Waals surface area contributed by atoms with Gasteiger partial charge in [0.15, 0.2) is 6.10 Å². The Labute approximate surface area is 165 Å². The molecule has 0 radical (unpaired) electrons. The van der Waals surface area contributed by atoms with Crippen molar-refractivity contribution >= 4 is 40.8 Å². The maximum atomic E-state index is 12.6. The van der Waals surface area contributed by atoms with E-state index in [1.807, 2.05) is 0 Å².